The number of ether oxygens (including phenoxy) is 4. The molecule has 0 aromatic heterocycles. The van der Waals surface area contributed by atoms with Gasteiger partial charge in [-0.3, -0.25) is 4.57 Å². The Morgan fingerprint density at radius 2 is 0.804 bits per heavy atom. The Hall–Kier alpha value is -3.17. The Morgan fingerprint density at radius 1 is 0.500 bits per heavy atom. The highest BCUT2D eigenvalue weighted by Gasteiger charge is 2.55. The van der Waals surface area contributed by atoms with Gasteiger partial charge in [0, 0.05) is 20.1 Å². The van der Waals surface area contributed by atoms with E-state index in [1.807, 2.05) is 121 Å². The largest absolute Gasteiger partial charge is 0.390 e. The lowest BCUT2D eigenvalue weighted by Crippen LogP contribution is -2.64. The zero-order valence-corrected chi connectivity index (χ0v) is 27.2. The molecule has 0 amide bonds. The van der Waals surface area contributed by atoms with Gasteiger partial charge in [-0.05, 0) is 22.3 Å². The van der Waals surface area contributed by atoms with Crippen LogP contribution in [0, 0.1) is 5.92 Å². The topological polar surface area (TPSA) is 92.7 Å². The van der Waals surface area contributed by atoms with E-state index in [1.165, 1.54) is 14.2 Å². The number of hydrogen-bond donors (Lipinski definition) is 1. The second-order valence-electron chi connectivity index (χ2n) is 11.4. The maximum atomic E-state index is 13.6. The third-order valence-electron chi connectivity index (χ3n) is 8.30. The lowest BCUT2D eigenvalue weighted by atomic mass is 9.78. The van der Waals surface area contributed by atoms with Crippen LogP contribution in [0.1, 0.15) is 22.3 Å². The van der Waals surface area contributed by atoms with Crippen molar-refractivity contribution in [3.05, 3.63) is 144 Å². The van der Waals surface area contributed by atoms with E-state index in [2.05, 4.69) is 0 Å². The van der Waals surface area contributed by atoms with Crippen LogP contribution in [0.25, 0.3) is 0 Å². The van der Waals surface area contributed by atoms with Gasteiger partial charge in [0.2, 0.25) is 0 Å². The van der Waals surface area contributed by atoms with Crippen molar-refractivity contribution in [2.45, 2.75) is 56.9 Å². The molecule has 1 aliphatic carbocycles. The van der Waals surface area contributed by atoms with Crippen molar-refractivity contribution in [1.29, 1.82) is 0 Å². The van der Waals surface area contributed by atoms with Crippen LogP contribution >= 0.6 is 7.60 Å². The minimum absolute atomic E-state index is 0.109. The molecule has 1 fully saturated rings. The lowest BCUT2D eigenvalue weighted by molar-refractivity contribution is -0.258. The molecule has 4 aromatic carbocycles. The van der Waals surface area contributed by atoms with Gasteiger partial charge >= 0.3 is 7.60 Å². The molecule has 244 valence electrons. The summed E-state index contributed by atoms with van der Waals surface area (Å²) in [6, 6.07) is 39.2. The van der Waals surface area contributed by atoms with Crippen LogP contribution in [0.15, 0.2) is 121 Å². The molecule has 1 saturated carbocycles. The number of aliphatic hydroxyl groups is 1. The molecule has 8 nitrogen and oxygen atoms in total. The van der Waals surface area contributed by atoms with Crippen molar-refractivity contribution in [3.63, 3.8) is 0 Å². The van der Waals surface area contributed by atoms with Crippen molar-refractivity contribution in [2.75, 3.05) is 20.4 Å². The quantitative estimate of drug-likeness (QED) is 0.133. The molecule has 0 heterocycles. The Labute approximate surface area is 271 Å². The predicted octanol–water partition coefficient (Wildman–Crippen LogP) is 6.80. The van der Waals surface area contributed by atoms with E-state index in [9.17, 15) is 9.67 Å². The summed E-state index contributed by atoms with van der Waals surface area (Å²) in [5.41, 5.74) is 3.82. The van der Waals surface area contributed by atoms with Gasteiger partial charge in [-0.2, -0.15) is 0 Å². The summed E-state index contributed by atoms with van der Waals surface area (Å²) >= 11 is 0. The normalized spacial score (nSPS) is 23.3. The van der Waals surface area contributed by atoms with E-state index in [0.29, 0.717) is 0 Å². The third-order valence-corrected chi connectivity index (χ3v) is 10.3. The summed E-state index contributed by atoms with van der Waals surface area (Å²) in [6.45, 7) is 1.00. The Bertz CT molecular complexity index is 1470. The van der Waals surface area contributed by atoms with Crippen LogP contribution in [-0.4, -0.2) is 56.0 Å². The van der Waals surface area contributed by atoms with Gasteiger partial charge in [0.1, 0.15) is 18.3 Å². The number of hydrogen-bond acceptors (Lipinski definition) is 8. The first-order chi connectivity index (χ1) is 22.5. The van der Waals surface area contributed by atoms with E-state index in [4.69, 9.17) is 28.0 Å². The van der Waals surface area contributed by atoms with E-state index in [-0.39, 0.29) is 32.6 Å². The fraction of sp³-hybridized carbons (Fsp3) is 0.351. The average Bonchev–Trinajstić information content (AvgIpc) is 3.11. The van der Waals surface area contributed by atoms with Crippen molar-refractivity contribution in [1.82, 2.24) is 0 Å². The Kier molecular flexibility index (Phi) is 12.7. The highest BCUT2D eigenvalue weighted by atomic mass is 31.2. The SMILES string of the molecule is COP(=O)(C[C@@H]1[C@@H](O)[C@@H](OCc2ccccc2)[C@H](OCc2ccccc2)[C@@H](OCc2ccccc2)[C@@H]1OCc1ccccc1)OC. The van der Waals surface area contributed by atoms with Crippen LogP contribution in [0.5, 0.6) is 0 Å². The van der Waals surface area contributed by atoms with Crippen LogP contribution in [0.4, 0.5) is 0 Å². The molecule has 5 rings (SSSR count). The predicted molar refractivity (Wildman–Crippen MR) is 176 cm³/mol. The average molecular weight is 647 g/mol. The second kappa shape index (κ2) is 17.1. The molecule has 1 N–H and O–H groups in total. The minimum Gasteiger partial charge on any atom is -0.390 e. The fourth-order valence-electron chi connectivity index (χ4n) is 5.80. The van der Waals surface area contributed by atoms with Crippen LogP contribution < -0.4 is 0 Å². The molecule has 6 atom stereocenters. The maximum Gasteiger partial charge on any atom is 0.330 e. The van der Waals surface area contributed by atoms with E-state index in [0.717, 1.165) is 22.3 Å². The smallest absolute Gasteiger partial charge is 0.330 e. The molecule has 0 radical (unpaired) electrons. The highest BCUT2D eigenvalue weighted by Crippen LogP contribution is 2.51. The molecule has 0 spiro atoms. The van der Waals surface area contributed by atoms with Crippen LogP contribution in [-0.2, 0) is 59.0 Å². The van der Waals surface area contributed by atoms with E-state index in [1.54, 1.807) is 0 Å². The molecule has 0 unspecified atom stereocenters. The van der Waals surface area contributed by atoms with Gasteiger partial charge in [0.05, 0.1) is 44.8 Å². The van der Waals surface area contributed by atoms with Crippen molar-refractivity contribution < 1.29 is 37.7 Å². The maximum absolute atomic E-state index is 13.6. The van der Waals surface area contributed by atoms with Crippen LogP contribution in [0.3, 0.4) is 0 Å². The minimum atomic E-state index is -3.60. The van der Waals surface area contributed by atoms with Crippen molar-refractivity contribution in [3.8, 4) is 0 Å². The van der Waals surface area contributed by atoms with Gasteiger partial charge in [-0.15, -0.1) is 0 Å². The molecule has 4 aromatic rings. The molecule has 0 saturated heterocycles. The van der Waals surface area contributed by atoms with Crippen molar-refractivity contribution >= 4 is 7.60 Å². The summed E-state index contributed by atoms with van der Waals surface area (Å²) in [7, 11) is -0.912. The molecule has 1 aliphatic rings. The zero-order chi connectivity index (χ0) is 32.2. The first kappa shape index (κ1) is 34.2. The third kappa shape index (κ3) is 9.22. The number of benzene rings is 4. The Morgan fingerprint density at radius 3 is 1.15 bits per heavy atom. The number of aliphatic hydroxyl groups excluding tert-OH is 1. The monoisotopic (exact) mass is 646 g/mol. The highest BCUT2D eigenvalue weighted by molar-refractivity contribution is 7.53. The first-order valence-electron chi connectivity index (χ1n) is 15.5. The van der Waals surface area contributed by atoms with E-state index < -0.39 is 44.0 Å². The Balaban J connectivity index is 1.53. The molecular formula is C37H43O8P. The van der Waals surface area contributed by atoms with Gasteiger partial charge in [0.15, 0.2) is 0 Å². The molecule has 46 heavy (non-hydrogen) atoms. The number of rotatable bonds is 16. The van der Waals surface area contributed by atoms with E-state index >= 15 is 0 Å². The van der Waals surface area contributed by atoms with Gasteiger partial charge < -0.3 is 33.1 Å². The molecule has 9 heteroatoms. The second-order valence-corrected chi connectivity index (χ2v) is 13.7. The first-order valence-corrected chi connectivity index (χ1v) is 17.2. The molecule has 0 bridgehead atoms. The van der Waals surface area contributed by atoms with Crippen LogP contribution in [0.2, 0.25) is 0 Å². The summed E-state index contributed by atoms with van der Waals surface area (Å²) in [6.07, 6.45) is -4.33. The van der Waals surface area contributed by atoms with Crippen molar-refractivity contribution in [2.24, 2.45) is 5.92 Å². The fourth-order valence-corrected chi connectivity index (χ4v) is 7.19. The van der Waals surface area contributed by atoms with Gasteiger partial charge in [-0.1, -0.05) is 121 Å². The summed E-state index contributed by atoms with van der Waals surface area (Å²) in [4.78, 5) is 0. The standard InChI is InChI=1S/C37H43O8P/c1-40-46(39,41-2)27-32-33(38)35(43-24-29-17-9-4-10-18-29)37(45-26-31-21-13-6-14-22-31)36(44-25-30-19-11-5-12-20-30)34(32)42-23-28-15-7-3-8-16-28/h3-22,32-38H,23-27H2,1-2H3/t32-,33-,34-,35-,36+,37+/m1/s1. The zero-order valence-electron chi connectivity index (χ0n) is 26.3. The summed E-state index contributed by atoms with van der Waals surface area (Å²) in [5.74, 6) is -0.743. The molecule has 0 aliphatic heterocycles. The lowest BCUT2D eigenvalue weighted by Gasteiger charge is -2.49. The van der Waals surface area contributed by atoms with Gasteiger partial charge in [-0.25, -0.2) is 0 Å². The summed E-state index contributed by atoms with van der Waals surface area (Å²) in [5, 5.41) is 12.1. The summed E-state index contributed by atoms with van der Waals surface area (Å²) < 4.78 is 50.8. The van der Waals surface area contributed by atoms with Gasteiger partial charge in [0.25, 0.3) is 0 Å². The molecular weight excluding hydrogens is 603 g/mol.